The molecule has 4 aromatic rings. The number of rotatable bonds is 15. The average Bonchev–Trinajstić information content (AvgIpc) is 3.07. The molecule has 0 aliphatic carbocycles. The number of amides is 2. The van der Waals surface area contributed by atoms with Crippen LogP contribution in [0, 0.1) is 13.8 Å². The molecular weight excluding hydrogens is 592 g/mol. The molecule has 0 radical (unpaired) electrons. The number of methoxy groups -OCH3 is 1. The standard InChI is InChI=1S/C37H46N6O4/c1-8-12-27-15-20-31(32(23-27)46-7)47-35-30(34(44)40-33-25(4)13-11-14-26(33)5)24-38-37(41-35)39-29-18-16-28(17-19-29)36(45)42(6)21-22-43(9-2)10-3/h11,13-20,23-24H,8-10,12,21-22H2,1-7H3,(H,40,44)(H,38,39,41). The van der Waals surface area contributed by atoms with Gasteiger partial charge in [-0.05, 0) is 86.4 Å². The number of benzene rings is 3. The van der Waals surface area contributed by atoms with Crippen molar-refractivity contribution in [2.75, 3.05) is 51.0 Å². The van der Waals surface area contributed by atoms with E-state index >= 15 is 0 Å². The lowest BCUT2D eigenvalue weighted by molar-refractivity contribution is 0.0779. The van der Waals surface area contributed by atoms with Gasteiger partial charge in [-0.3, -0.25) is 9.59 Å². The number of carbonyl (C=O) groups excluding carboxylic acids is 2. The van der Waals surface area contributed by atoms with Crippen LogP contribution in [0.3, 0.4) is 0 Å². The van der Waals surface area contributed by atoms with Crippen LogP contribution in [-0.4, -0.2) is 71.9 Å². The fraction of sp³-hybridized carbons (Fsp3) is 0.351. The van der Waals surface area contributed by atoms with Crippen molar-refractivity contribution in [2.24, 2.45) is 0 Å². The summed E-state index contributed by atoms with van der Waals surface area (Å²) in [7, 11) is 3.40. The van der Waals surface area contributed by atoms with Gasteiger partial charge in [0.15, 0.2) is 11.5 Å². The van der Waals surface area contributed by atoms with E-state index in [4.69, 9.17) is 9.47 Å². The van der Waals surface area contributed by atoms with Crippen LogP contribution in [0.4, 0.5) is 17.3 Å². The Bertz CT molecular complexity index is 1650. The summed E-state index contributed by atoms with van der Waals surface area (Å²) in [5, 5.41) is 6.18. The first-order valence-corrected chi connectivity index (χ1v) is 16.1. The number of carbonyl (C=O) groups is 2. The number of nitrogens with one attached hydrogen (secondary N) is 2. The first kappa shape index (κ1) is 34.9. The number of aromatic nitrogens is 2. The molecule has 0 saturated heterocycles. The minimum absolute atomic E-state index is 0.0474. The lowest BCUT2D eigenvalue weighted by Gasteiger charge is -2.23. The molecule has 0 saturated carbocycles. The number of anilines is 3. The summed E-state index contributed by atoms with van der Waals surface area (Å²) in [5.74, 6) is 0.793. The summed E-state index contributed by atoms with van der Waals surface area (Å²) in [6.45, 7) is 13.6. The zero-order valence-electron chi connectivity index (χ0n) is 28.5. The Morgan fingerprint density at radius 3 is 2.23 bits per heavy atom. The number of nitrogens with zero attached hydrogens (tertiary/aromatic N) is 4. The summed E-state index contributed by atoms with van der Waals surface area (Å²) in [6.07, 6.45) is 3.34. The molecule has 0 unspecified atom stereocenters. The van der Waals surface area contributed by atoms with E-state index in [2.05, 4.69) is 46.3 Å². The number of ether oxygens (including phenoxy) is 2. The van der Waals surface area contributed by atoms with Gasteiger partial charge in [-0.1, -0.05) is 51.5 Å². The molecule has 0 aliphatic rings. The van der Waals surface area contributed by atoms with Crippen molar-refractivity contribution in [1.29, 1.82) is 0 Å². The molecule has 47 heavy (non-hydrogen) atoms. The van der Waals surface area contributed by atoms with Crippen molar-refractivity contribution >= 4 is 29.1 Å². The monoisotopic (exact) mass is 638 g/mol. The molecule has 0 aliphatic heterocycles. The molecule has 1 aromatic heterocycles. The van der Waals surface area contributed by atoms with Gasteiger partial charge in [0.1, 0.15) is 5.56 Å². The second-order valence-corrected chi connectivity index (χ2v) is 11.4. The van der Waals surface area contributed by atoms with Gasteiger partial charge in [0, 0.05) is 43.3 Å². The lowest BCUT2D eigenvalue weighted by atomic mass is 10.1. The third-order valence-corrected chi connectivity index (χ3v) is 8.07. The molecule has 0 bridgehead atoms. The Labute approximate surface area is 278 Å². The van der Waals surface area contributed by atoms with Crippen molar-refractivity contribution < 1.29 is 19.1 Å². The van der Waals surface area contributed by atoms with E-state index in [0.29, 0.717) is 29.3 Å². The zero-order valence-corrected chi connectivity index (χ0v) is 28.5. The van der Waals surface area contributed by atoms with Crippen LogP contribution in [-0.2, 0) is 6.42 Å². The van der Waals surface area contributed by atoms with Gasteiger partial charge >= 0.3 is 0 Å². The van der Waals surface area contributed by atoms with Gasteiger partial charge in [0.05, 0.1) is 7.11 Å². The van der Waals surface area contributed by atoms with Gasteiger partial charge in [-0.15, -0.1) is 0 Å². The quantitative estimate of drug-likeness (QED) is 0.140. The molecule has 248 valence electrons. The third-order valence-electron chi connectivity index (χ3n) is 8.07. The molecule has 2 N–H and O–H groups in total. The Balaban J connectivity index is 1.59. The van der Waals surface area contributed by atoms with Crippen LogP contribution in [0.15, 0.2) is 66.9 Å². The van der Waals surface area contributed by atoms with Gasteiger partial charge < -0.3 is 29.9 Å². The van der Waals surface area contributed by atoms with Crippen molar-refractivity contribution in [1.82, 2.24) is 19.8 Å². The van der Waals surface area contributed by atoms with Gasteiger partial charge in [-0.25, -0.2) is 4.98 Å². The van der Waals surface area contributed by atoms with Crippen LogP contribution in [0.5, 0.6) is 17.4 Å². The first-order chi connectivity index (χ1) is 22.7. The zero-order chi connectivity index (χ0) is 33.9. The fourth-order valence-corrected chi connectivity index (χ4v) is 5.18. The largest absolute Gasteiger partial charge is 0.493 e. The minimum atomic E-state index is -0.404. The molecule has 4 rings (SSSR count). The van der Waals surface area contributed by atoms with E-state index in [1.54, 1.807) is 36.3 Å². The van der Waals surface area contributed by atoms with Crippen molar-refractivity contribution in [3.05, 3.63) is 94.7 Å². The summed E-state index contributed by atoms with van der Waals surface area (Å²) in [4.78, 5) is 39.7. The maximum absolute atomic E-state index is 13.6. The Kier molecular flexibility index (Phi) is 12.3. The molecule has 0 fully saturated rings. The minimum Gasteiger partial charge on any atom is -0.493 e. The number of hydrogen-bond donors (Lipinski definition) is 2. The van der Waals surface area contributed by atoms with Crippen molar-refractivity contribution in [2.45, 2.75) is 47.5 Å². The summed E-state index contributed by atoms with van der Waals surface area (Å²) in [6, 6.07) is 18.7. The second-order valence-electron chi connectivity index (χ2n) is 11.4. The molecular formula is C37H46N6O4. The van der Waals surface area contributed by atoms with E-state index in [1.165, 1.54) is 6.20 Å². The van der Waals surface area contributed by atoms with E-state index in [9.17, 15) is 9.59 Å². The summed E-state index contributed by atoms with van der Waals surface area (Å²) >= 11 is 0. The van der Waals surface area contributed by atoms with Crippen LogP contribution in [0.1, 0.15) is 64.6 Å². The second kappa shape index (κ2) is 16.6. The highest BCUT2D eigenvalue weighted by Gasteiger charge is 2.21. The smallest absolute Gasteiger partial charge is 0.262 e. The average molecular weight is 639 g/mol. The van der Waals surface area contributed by atoms with Crippen LogP contribution in [0.2, 0.25) is 0 Å². The number of hydrogen-bond acceptors (Lipinski definition) is 8. The van der Waals surface area contributed by atoms with E-state index in [-0.39, 0.29) is 23.3 Å². The highest BCUT2D eigenvalue weighted by atomic mass is 16.5. The van der Waals surface area contributed by atoms with Crippen LogP contribution in [0.25, 0.3) is 0 Å². The highest BCUT2D eigenvalue weighted by molar-refractivity contribution is 6.06. The van der Waals surface area contributed by atoms with Crippen LogP contribution >= 0.6 is 0 Å². The summed E-state index contributed by atoms with van der Waals surface area (Å²) < 4.78 is 11.9. The molecule has 10 heteroatoms. The number of likely N-dealkylation sites (N-methyl/N-ethyl adjacent to an activating group) is 2. The van der Waals surface area contributed by atoms with Crippen molar-refractivity contribution in [3.63, 3.8) is 0 Å². The lowest BCUT2D eigenvalue weighted by Crippen LogP contribution is -2.36. The first-order valence-electron chi connectivity index (χ1n) is 16.1. The normalized spacial score (nSPS) is 10.9. The van der Waals surface area contributed by atoms with E-state index < -0.39 is 5.91 Å². The molecule has 2 amide bonds. The van der Waals surface area contributed by atoms with Crippen molar-refractivity contribution in [3.8, 4) is 17.4 Å². The number of aryl methyl sites for hydroxylation is 3. The Hall–Kier alpha value is -4.96. The molecule has 1 heterocycles. The van der Waals surface area contributed by atoms with E-state index in [1.807, 2.05) is 57.3 Å². The maximum Gasteiger partial charge on any atom is 0.262 e. The predicted octanol–water partition coefficient (Wildman–Crippen LogP) is 7.26. The Morgan fingerprint density at radius 2 is 1.60 bits per heavy atom. The van der Waals surface area contributed by atoms with Gasteiger partial charge in [0.25, 0.3) is 11.8 Å². The molecule has 0 spiro atoms. The molecule has 3 aromatic carbocycles. The third kappa shape index (κ3) is 9.07. The SMILES string of the molecule is CCCc1ccc(Oc2nc(Nc3ccc(C(=O)N(C)CCN(CC)CC)cc3)ncc2C(=O)Nc2c(C)cccc2C)c(OC)c1. The molecule has 0 atom stereocenters. The predicted molar refractivity (Wildman–Crippen MR) is 187 cm³/mol. The number of para-hydroxylation sites is 1. The fourth-order valence-electron chi connectivity index (χ4n) is 5.18. The molecule has 10 nitrogen and oxygen atoms in total. The maximum atomic E-state index is 13.6. The Morgan fingerprint density at radius 1 is 0.894 bits per heavy atom. The van der Waals surface area contributed by atoms with E-state index in [0.717, 1.165) is 54.9 Å². The highest BCUT2D eigenvalue weighted by Crippen LogP contribution is 2.34. The summed E-state index contributed by atoms with van der Waals surface area (Å²) in [5.41, 5.74) is 5.13. The van der Waals surface area contributed by atoms with Crippen LogP contribution < -0.4 is 20.1 Å². The topological polar surface area (TPSA) is 109 Å². The van der Waals surface area contributed by atoms with Gasteiger partial charge in [0.2, 0.25) is 11.8 Å². The van der Waals surface area contributed by atoms with Gasteiger partial charge in [-0.2, -0.15) is 4.98 Å².